The molecule has 1 aliphatic heterocycles. The van der Waals surface area contributed by atoms with Crippen molar-refractivity contribution in [2.75, 3.05) is 39.5 Å². The first-order valence-corrected chi connectivity index (χ1v) is 13.3. The molecule has 9 nitrogen and oxygen atoms in total. The summed E-state index contributed by atoms with van der Waals surface area (Å²) in [6.45, 7) is 5.07. The van der Waals surface area contributed by atoms with E-state index in [2.05, 4.69) is 5.32 Å². The van der Waals surface area contributed by atoms with Crippen molar-refractivity contribution in [3.63, 3.8) is 0 Å². The zero-order valence-corrected chi connectivity index (χ0v) is 21.3. The van der Waals surface area contributed by atoms with E-state index in [-0.39, 0.29) is 24.0 Å². The van der Waals surface area contributed by atoms with Crippen LogP contribution in [0.3, 0.4) is 0 Å². The van der Waals surface area contributed by atoms with Crippen molar-refractivity contribution in [3.8, 4) is 5.75 Å². The maximum atomic E-state index is 13.3. The molecule has 0 bridgehead atoms. The van der Waals surface area contributed by atoms with E-state index in [1.54, 1.807) is 19.1 Å². The van der Waals surface area contributed by atoms with Gasteiger partial charge in [-0.15, -0.1) is 0 Å². The lowest BCUT2D eigenvalue weighted by Gasteiger charge is -2.28. The summed E-state index contributed by atoms with van der Waals surface area (Å²) in [5.41, 5.74) is 0.664. The van der Waals surface area contributed by atoms with E-state index in [1.807, 2.05) is 6.92 Å². The van der Waals surface area contributed by atoms with E-state index in [4.69, 9.17) is 9.47 Å². The van der Waals surface area contributed by atoms with Gasteiger partial charge in [-0.1, -0.05) is 19.1 Å². The molecule has 2 aromatic carbocycles. The zero-order chi connectivity index (χ0) is 26.1. The summed E-state index contributed by atoms with van der Waals surface area (Å²) in [5.74, 6) is -0.824. The van der Waals surface area contributed by atoms with Crippen LogP contribution in [0.4, 0.5) is 4.39 Å². The number of ether oxygens (including phenoxy) is 2. The highest BCUT2D eigenvalue weighted by Crippen LogP contribution is 2.21. The molecule has 1 aliphatic rings. The van der Waals surface area contributed by atoms with Gasteiger partial charge in [-0.2, -0.15) is 4.31 Å². The SMILES string of the molecule is CCCNC(=O)C(C)N(Cc1ccc(F)cc1)C(=O)COc1ccc(S(=O)(=O)N2CCOCC2)cc1. The second-order valence-electron chi connectivity index (χ2n) is 8.39. The Bertz CT molecular complexity index is 1120. The molecule has 2 aromatic rings. The van der Waals surface area contributed by atoms with Crippen LogP contribution in [0.2, 0.25) is 0 Å². The van der Waals surface area contributed by atoms with Gasteiger partial charge >= 0.3 is 0 Å². The van der Waals surface area contributed by atoms with Crippen LogP contribution in [0, 0.1) is 5.82 Å². The van der Waals surface area contributed by atoms with E-state index < -0.39 is 27.8 Å². The quantitative estimate of drug-likeness (QED) is 0.486. The van der Waals surface area contributed by atoms with Crippen molar-refractivity contribution >= 4 is 21.8 Å². The molecule has 0 radical (unpaired) electrons. The van der Waals surface area contributed by atoms with Gasteiger partial charge in [0.1, 0.15) is 17.6 Å². The maximum Gasteiger partial charge on any atom is 0.261 e. The second kappa shape index (κ2) is 12.8. The minimum atomic E-state index is -3.64. The van der Waals surface area contributed by atoms with E-state index in [0.717, 1.165) is 6.42 Å². The van der Waals surface area contributed by atoms with Gasteiger partial charge in [0, 0.05) is 26.2 Å². The minimum Gasteiger partial charge on any atom is -0.484 e. The molecule has 1 N–H and O–H groups in total. The lowest BCUT2D eigenvalue weighted by molar-refractivity contribution is -0.142. The fraction of sp³-hybridized carbons (Fsp3) is 0.440. The van der Waals surface area contributed by atoms with E-state index in [0.29, 0.717) is 44.2 Å². The third-order valence-corrected chi connectivity index (χ3v) is 7.69. The van der Waals surface area contributed by atoms with Crippen LogP contribution < -0.4 is 10.1 Å². The molecule has 0 aliphatic carbocycles. The molecule has 2 amide bonds. The molecule has 1 atom stereocenters. The molecule has 3 rings (SSSR count). The molecule has 196 valence electrons. The average molecular weight is 522 g/mol. The topological polar surface area (TPSA) is 105 Å². The Morgan fingerprint density at radius 1 is 1.11 bits per heavy atom. The summed E-state index contributed by atoms with van der Waals surface area (Å²) in [6, 6.07) is 10.8. The third-order valence-electron chi connectivity index (χ3n) is 5.78. The Balaban J connectivity index is 1.67. The number of benzene rings is 2. The first-order chi connectivity index (χ1) is 17.2. The summed E-state index contributed by atoms with van der Waals surface area (Å²) < 4.78 is 51.1. The Kier molecular flexibility index (Phi) is 9.80. The van der Waals surface area contributed by atoms with Gasteiger partial charge in [-0.25, -0.2) is 12.8 Å². The molecule has 0 aromatic heterocycles. The van der Waals surface area contributed by atoms with Crippen molar-refractivity contribution in [2.24, 2.45) is 0 Å². The van der Waals surface area contributed by atoms with Crippen LogP contribution in [0.25, 0.3) is 0 Å². The molecule has 11 heteroatoms. The fourth-order valence-corrected chi connectivity index (χ4v) is 5.04. The lowest BCUT2D eigenvalue weighted by atomic mass is 10.1. The molecule has 1 saturated heterocycles. The van der Waals surface area contributed by atoms with Crippen LogP contribution in [0.5, 0.6) is 5.75 Å². The standard InChI is InChI=1S/C25H32FN3O6S/c1-3-12-27-25(31)19(2)29(17-20-4-6-21(26)7-5-20)24(30)18-35-22-8-10-23(11-9-22)36(32,33)28-13-15-34-16-14-28/h4-11,19H,3,12-18H2,1-2H3,(H,27,31). The van der Waals surface area contributed by atoms with Crippen LogP contribution >= 0.6 is 0 Å². The lowest BCUT2D eigenvalue weighted by Crippen LogP contribution is -2.49. The number of nitrogens with one attached hydrogen (secondary N) is 1. The predicted molar refractivity (Wildman–Crippen MR) is 131 cm³/mol. The van der Waals surface area contributed by atoms with Gasteiger partial charge in [0.15, 0.2) is 6.61 Å². The van der Waals surface area contributed by atoms with Crippen molar-refractivity contribution < 1.29 is 31.9 Å². The number of carbonyl (C=O) groups is 2. The minimum absolute atomic E-state index is 0.0971. The van der Waals surface area contributed by atoms with Crippen LogP contribution in [0.1, 0.15) is 25.8 Å². The monoisotopic (exact) mass is 521 g/mol. The number of hydrogen-bond donors (Lipinski definition) is 1. The summed E-state index contributed by atoms with van der Waals surface area (Å²) in [7, 11) is -3.64. The van der Waals surface area contributed by atoms with E-state index in [1.165, 1.54) is 45.6 Å². The Labute approximate surface area is 211 Å². The van der Waals surface area contributed by atoms with E-state index in [9.17, 15) is 22.4 Å². The Hall–Kier alpha value is -3.02. The molecular formula is C25H32FN3O6S. The first-order valence-electron chi connectivity index (χ1n) is 11.8. The van der Waals surface area contributed by atoms with Crippen molar-refractivity contribution in [2.45, 2.75) is 37.8 Å². The zero-order valence-electron chi connectivity index (χ0n) is 20.5. The normalized spacial score (nSPS) is 15.2. The summed E-state index contributed by atoms with van der Waals surface area (Å²) >= 11 is 0. The molecule has 36 heavy (non-hydrogen) atoms. The number of halogens is 1. The van der Waals surface area contributed by atoms with E-state index >= 15 is 0 Å². The van der Waals surface area contributed by atoms with Crippen LogP contribution in [0.15, 0.2) is 53.4 Å². The smallest absolute Gasteiger partial charge is 0.261 e. The van der Waals surface area contributed by atoms with Gasteiger partial charge in [0.2, 0.25) is 15.9 Å². The number of carbonyl (C=O) groups excluding carboxylic acids is 2. The molecule has 0 saturated carbocycles. The number of sulfonamides is 1. The van der Waals surface area contributed by atoms with Gasteiger partial charge in [0.05, 0.1) is 18.1 Å². The van der Waals surface area contributed by atoms with Crippen LogP contribution in [-0.2, 0) is 30.9 Å². The molecule has 1 fully saturated rings. The number of hydrogen-bond acceptors (Lipinski definition) is 6. The highest BCUT2D eigenvalue weighted by molar-refractivity contribution is 7.89. The summed E-state index contributed by atoms with van der Waals surface area (Å²) in [6.07, 6.45) is 0.755. The largest absolute Gasteiger partial charge is 0.484 e. The van der Waals surface area contributed by atoms with Crippen LogP contribution in [-0.4, -0.2) is 74.9 Å². The Morgan fingerprint density at radius 3 is 2.36 bits per heavy atom. The van der Waals surface area contributed by atoms with Gasteiger partial charge in [0.25, 0.3) is 5.91 Å². The molecule has 0 spiro atoms. The van der Waals surface area contributed by atoms with Gasteiger partial charge in [-0.3, -0.25) is 9.59 Å². The number of amides is 2. The highest BCUT2D eigenvalue weighted by atomic mass is 32.2. The van der Waals surface area contributed by atoms with Crippen molar-refractivity contribution in [3.05, 3.63) is 59.9 Å². The van der Waals surface area contributed by atoms with Gasteiger partial charge in [-0.05, 0) is 55.3 Å². The highest BCUT2D eigenvalue weighted by Gasteiger charge is 2.28. The average Bonchev–Trinajstić information content (AvgIpc) is 2.90. The Morgan fingerprint density at radius 2 is 1.75 bits per heavy atom. The molecular weight excluding hydrogens is 489 g/mol. The third kappa shape index (κ3) is 7.25. The fourth-order valence-electron chi connectivity index (χ4n) is 3.64. The maximum absolute atomic E-state index is 13.3. The molecule has 1 heterocycles. The predicted octanol–water partition coefficient (Wildman–Crippen LogP) is 2.17. The van der Waals surface area contributed by atoms with Gasteiger partial charge < -0.3 is 19.7 Å². The number of morpholine rings is 1. The summed E-state index contributed by atoms with van der Waals surface area (Å²) in [4.78, 5) is 27.1. The number of rotatable bonds is 11. The second-order valence-corrected chi connectivity index (χ2v) is 10.3. The van der Waals surface area contributed by atoms with Crippen molar-refractivity contribution in [1.82, 2.24) is 14.5 Å². The van der Waals surface area contributed by atoms with Crippen molar-refractivity contribution in [1.29, 1.82) is 0 Å². The summed E-state index contributed by atoms with van der Waals surface area (Å²) in [5, 5.41) is 2.78. The number of nitrogens with zero attached hydrogens (tertiary/aromatic N) is 2. The first kappa shape index (κ1) is 27.6. The molecule has 1 unspecified atom stereocenters.